The van der Waals surface area contributed by atoms with Crippen LogP contribution in [0.15, 0.2) is 316 Å². The molecule has 0 amide bonds. The second-order valence-corrected chi connectivity index (χ2v) is 24.2. The molecular formula is C89H70F3Ir5N11O4S-5. The number of carboxylic acids is 1. The van der Waals surface area contributed by atoms with Crippen LogP contribution in [-0.2, 0) is 105 Å². The molecule has 0 bridgehead atoms. The number of allylic oxidation sites excluding steroid dienone is 2. The van der Waals surface area contributed by atoms with Gasteiger partial charge in [0.15, 0.2) is 5.78 Å². The van der Waals surface area contributed by atoms with Crippen molar-refractivity contribution in [3.8, 4) is 55.6 Å². The number of carbonyl (C=O) groups is 2. The number of hydrogen-bond donors (Lipinski definition) is 2. The summed E-state index contributed by atoms with van der Waals surface area (Å²) in [5.74, 6) is -2.60. The first-order valence-electron chi connectivity index (χ1n) is 35.7. The van der Waals surface area contributed by atoms with Crippen LogP contribution in [0.2, 0.25) is 0 Å². The largest absolute Gasteiger partial charge is 3.00 e. The standard InChI is InChI=1S/C22H16N.C14H12N2.C13H8NS.C11H6F2N.C10H9FN2.C8H6N3.C6H5NO2.C5H8O2.5Ir/c1-16-14-22(23-15-21(16)18-8-3-2-4-9-18)20-13-7-11-17-10-5-6-12-19(17)20;1-15-11-16(12-7-3-2-4-8-12)14-10-6-5-9-13(14)15;1-2-7-12-10(5-1)9-13(15-12)11-6-3-4-8-14-11;12-8-4-5-9(10(13)7-8)11-3-1-2-6-14-11;1-12-6-7-13(8-12)10-4-2-9(11)3-5-10;1-2-5-9-7(3-1)8-4-6-10-11-8;8-6(9)5-3-1-2-4-7-5;1-4(6)3-5(2)7;;;;;/h2-12,14-15H,1H3;2-7,9-11H,1H3;1-8H;1-4,6-7H;2-4,6-8H,1H3;1-6H;1-4H,(H,8,9);3,6H,1-2H3;;;;;/q-1;-2;2*-1;-2;-1;;;;;;;+3/i2D,3D,4D,8D,9D;;;;;;;;;;;;. The number of pyridine rings is 5. The zero-order valence-corrected chi connectivity index (χ0v) is 73.3. The van der Waals surface area contributed by atoms with Crippen molar-refractivity contribution in [1.82, 2.24) is 40.0 Å². The maximum Gasteiger partial charge on any atom is 3.00 e. The minimum atomic E-state index is -0.990. The van der Waals surface area contributed by atoms with Crippen LogP contribution in [0.25, 0.3) is 76.5 Å². The number of halogens is 3. The number of carbonyl (C=O) groups excluding carboxylic acids is 1. The maximum absolute atomic E-state index is 13.2. The Hall–Kier alpha value is -10.4. The number of ketones is 1. The van der Waals surface area contributed by atoms with Crippen LogP contribution in [0.1, 0.15) is 36.8 Å². The zero-order chi connectivity index (χ0) is 80.3. The van der Waals surface area contributed by atoms with Crippen molar-refractivity contribution in [2.24, 2.45) is 0 Å². The number of hydrogen-bond acceptors (Lipinski definition) is 14. The van der Waals surface area contributed by atoms with E-state index >= 15 is 0 Å². The summed E-state index contributed by atoms with van der Waals surface area (Å²) in [4.78, 5) is 49.8. The van der Waals surface area contributed by atoms with Crippen molar-refractivity contribution in [3.05, 3.63) is 388 Å². The molecule has 0 unspecified atom stereocenters. The molecular weight excluding hydrogens is 2340 g/mol. The van der Waals surface area contributed by atoms with Gasteiger partial charge in [0, 0.05) is 169 Å². The summed E-state index contributed by atoms with van der Waals surface area (Å²) in [6.45, 7) is 8.67. The number of para-hydroxylation sites is 3. The normalized spacial score (nSPS) is 11.6. The van der Waals surface area contributed by atoms with Gasteiger partial charge < -0.3 is 55.0 Å². The second kappa shape index (κ2) is 48.5. The summed E-state index contributed by atoms with van der Waals surface area (Å²) in [5.41, 5.74) is 10.8. The molecule has 0 fully saturated rings. The molecule has 17 rings (SSSR count). The van der Waals surface area contributed by atoms with Crippen molar-refractivity contribution >= 4 is 66.7 Å². The fourth-order valence-corrected chi connectivity index (χ4v) is 11.2. The molecule has 4 radical (unpaired) electrons. The van der Waals surface area contributed by atoms with Crippen LogP contribution >= 0.6 is 11.3 Å². The molecule has 2 aliphatic rings. The number of aromatic nitrogens is 7. The Morgan fingerprint density at radius 2 is 1.21 bits per heavy atom. The Balaban J connectivity index is 0.000000247. The van der Waals surface area contributed by atoms with Gasteiger partial charge in [0.2, 0.25) is 0 Å². The summed E-state index contributed by atoms with van der Waals surface area (Å²) >= 11 is 1.73. The average Bonchev–Trinajstić information content (AvgIpc) is 1.12. The maximum atomic E-state index is 13.2. The smallest absolute Gasteiger partial charge is 0.574 e. The van der Waals surface area contributed by atoms with E-state index in [0.29, 0.717) is 11.3 Å². The van der Waals surface area contributed by atoms with Crippen molar-refractivity contribution < 1.29 is 140 Å². The van der Waals surface area contributed by atoms with Crippen LogP contribution in [-0.4, -0.2) is 71.0 Å². The first kappa shape index (κ1) is 85.0. The fraction of sp³-hybridized carbons (Fsp3) is 0.0562. The number of nitrogens with zero attached hydrogens (tertiary/aromatic N) is 11. The molecule has 15 aromatic rings. The van der Waals surface area contributed by atoms with Gasteiger partial charge >= 0.3 is 26.1 Å². The van der Waals surface area contributed by atoms with Crippen molar-refractivity contribution in [3.63, 3.8) is 0 Å². The molecule has 0 saturated carbocycles. The van der Waals surface area contributed by atoms with E-state index in [1.165, 1.54) is 65.8 Å². The third-order valence-electron chi connectivity index (χ3n) is 15.1. The Kier molecular flexibility index (Phi) is 36.5. The predicted octanol–water partition coefficient (Wildman–Crippen LogP) is 20.3. The Labute approximate surface area is 734 Å². The van der Waals surface area contributed by atoms with Crippen LogP contribution in [0.3, 0.4) is 0 Å². The van der Waals surface area contributed by atoms with Gasteiger partial charge in [0.1, 0.15) is 5.69 Å². The van der Waals surface area contributed by atoms with E-state index in [2.05, 4.69) is 137 Å². The van der Waals surface area contributed by atoms with Crippen molar-refractivity contribution in [2.75, 3.05) is 28.8 Å². The monoisotopic (exact) mass is 2420 g/mol. The molecule has 582 valence electrons. The number of thiophene rings is 1. The van der Waals surface area contributed by atoms with Gasteiger partial charge in [0.05, 0.1) is 12.6 Å². The fourth-order valence-electron chi connectivity index (χ4n) is 10.2. The molecule has 0 aliphatic carbocycles. The Bertz CT molecular complexity index is 5650. The van der Waals surface area contributed by atoms with E-state index in [1.807, 2.05) is 158 Å². The van der Waals surface area contributed by atoms with Gasteiger partial charge in [-0.1, -0.05) is 150 Å². The van der Waals surface area contributed by atoms with E-state index in [0.717, 1.165) is 73.1 Å². The SMILES string of the molecule is CC(=O)C=C(C)O.CN1C=CN(c2[c-]cc(F)cc2)[CH-]1.CN1[CH-]N(c2[c-]cccc2)c2ccccc21.Fc1c[c-]c(-c2ccccn2)c(F)c1.O=C(O)c1ccccn1.[2H]c1c([2H])c([2H])c(-c2cnc(-c3[c-]ccc4ccccc34)cc2C)c([2H])c1[2H].[Ir+3].[Ir].[Ir].[Ir].[Ir].[c-]1c(-c2ccccn2)sc2ccccc12.c1ccc(-c2ccn[n-]2)nc1. The minimum Gasteiger partial charge on any atom is -0.574 e. The summed E-state index contributed by atoms with van der Waals surface area (Å²) in [6, 6.07) is 81.7. The molecule has 113 heavy (non-hydrogen) atoms. The van der Waals surface area contributed by atoms with Crippen molar-refractivity contribution in [1.29, 1.82) is 0 Å². The van der Waals surface area contributed by atoms with E-state index in [-0.39, 0.29) is 159 Å². The molecule has 15 nitrogen and oxygen atoms in total. The minimum absolute atomic E-state index is 0. The van der Waals surface area contributed by atoms with Crippen LogP contribution in [0.5, 0.6) is 0 Å². The number of benzene rings is 8. The molecule has 0 atom stereocenters. The molecule has 0 saturated heterocycles. The Morgan fingerprint density at radius 1 is 0.575 bits per heavy atom. The molecule has 2 aliphatic heterocycles. The summed E-state index contributed by atoms with van der Waals surface area (Å²) in [6.07, 6.45) is 14.8. The van der Waals surface area contributed by atoms with Gasteiger partial charge in [-0.05, 0) is 128 Å². The van der Waals surface area contributed by atoms with Gasteiger partial charge in [0.25, 0.3) is 0 Å². The van der Waals surface area contributed by atoms with E-state index in [4.69, 9.17) is 17.1 Å². The molecule has 24 heteroatoms. The first-order valence-corrected chi connectivity index (χ1v) is 34.0. The molecule has 7 aromatic heterocycles. The Morgan fingerprint density at radius 3 is 1.78 bits per heavy atom. The van der Waals surface area contributed by atoms with Crippen LogP contribution in [0.4, 0.5) is 35.9 Å². The van der Waals surface area contributed by atoms with Crippen molar-refractivity contribution in [2.45, 2.75) is 20.8 Å². The summed E-state index contributed by atoms with van der Waals surface area (Å²) in [5, 5.41) is 27.6. The number of aliphatic hydroxyl groups excluding tert-OH is 1. The molecule has 8 aromatic carbocycles. The third-order valence-corrected chi connectivity index (χ3v) is 16.2. The molecule has 2 N–H and O–H groups in total. The number of aliphatic hydroxyl groups is 1. The molecule has 0 spiro atoms. The first-order chi connectivity index (χ1) is 54.6. The summed E-state index contributed by atoms with van der Waals surface area (Å²) < 4.78 is 79.5. The summed E-state index contributed by atoms with van der Waals surface area (Å²) in [7, 11) is 3.99. The van der Waals surface area contributed by atoms with E-state index in [9.17, 15) is 22.8 Å². The number of anilines is 4. The van der Waals surface area contributed by atoms with Crippen LogP contribution in [0, 0.1) is 68.0 Å². The number of aryl methyl sites for hydroxylation is 1. The number of aromatic carboxylic acids is 1. The predicted molar refractivity (Wildman–Crippen MR) is 423 cm³/mol. The second-order valence-electron chi connectivity index (χ2n) is 23.1. The third kappa shape index (κ3) is 28.3. The quantitative estimate of drug-likeness (QED) is 0.0791. The number of fused-ring (bicyclic) bond motifs is 3. The van der Waals surface area contributed by atoms with Gasteiger partial charge in [-0.25, -0.2) is 21.1 Å². The van der Waals surface area contributed by atoms with E-state index in [1.54, 1.807) is 72.5 Å². The van der Waals surface area contributed by atoms with Gasteiger partial charge in [-0.2, -0.15) is 49.7 Å². The van der Waals surface area contributed by atoms with Gasteiger partial charge in [-0.15, -0.1) is 94.4 Å². The average molecular weight is 2410 g/mol. The van der Waals surface area contributed by atoms with Gasteiger partial charge in [-0.3, -0.25) is 22.9 Å². The van der Waals surface area contributed by atoms with Crippen LogP contribution < -0.4 is 19.8 Å². The topological polar surface area (TPSA) is 179 Å². The zero-order valence-electron chi connectivity index (χ0n) is 65.6. The number of rotatable bonds is 9. The number of carboxylic acid groups (broad SMARTS) is 1. The van der Waals surface area contributed by atoms with E-state index < -0.39 is 23.6 Å². The molecule has 9 heterocycles.